The molecule has 0 bridgehead atoms. The first-order valence-electron chi connectivity index (χ1n) is 0.866. The van der Waals surface area contributed by atoms with Crippen molar-refractivity contribution in [3.8, 4) is 0 Å². The van der Waals surface area contributed by atoms with Crippen molar-refractivity contribution in [3.63, 3.8) is 0 Å². The molecule has 4 heteroatoms. The lowest BCUT2D eigenvalue weighted by atomic mass is 13.8. The summed E-state index contributed by atoms with van der Waals surface area (Å²) in [4.78, 5) is 0. The minimum absolute atomic E-state index is 1.38. The monoisotopic (exact) mass is 76.0 g/mol. The predicted molar refractivity (Wildman–Crippen MR) is 18.3 cm³/mol. The Hall–Kier alpha value is 0.0969. The van der Waals surface area contributed by atoms with Crippen LogP contribution in [-0.2, 0) is 0 Å². The van der Waals surface area contributed by atoms with Crippen LogP contribution in [0.1, 0.15) is 0 Å². The minimum atomic E-state index is -1.38. The van der Waals surface area contributed by atoms with E-state index in [9.17, 15) is 0 Å². The van der Waals surface area contributed by atoms with Gasteiger partial charge in [-0.25, -0.2) is 0 Å². The van der Waals surface area contributed by atoms with E-state index in [1.165, 1.54) is 0 Å². The predicted octanol–water partition coefficient (Wildman–Crippen LogP) is -2.15. The van der Waals surface area contributed by atoms with Gasteiger partial charge in [0.05, 0.1) is 0 Å². The molecule has 0 rings (SSSR count). The second-order valence-corrected chi connectivity index (χ2v) is 1.50. The standard InChI is InChI=1S/H6N3Si/c1-4(2)3/h1-3H2. The van der Waals surface area contributed by atoms with Crippen LogP contribution in [0.5, 0.6) is 0 Å². The Labute approximate surface area is 26.6 Å². The Balaban J connectivity index is 2.32. The van der Waals surface area contributed by atoms with Crippen LogP contribution in [0, 0.1) is 0 Å². The van der Waals surface area contributed by atoms with E-state index in [0.29, 0.717) is 0 Å². The molecular formula is H6N3Si. The van der Waals surface area contributed by atoms with Crippen LogP contribution in [-0.4, -0.2) is 9.28 Å². The zero-order chi connectivity index (χ0) is 3.58. The van der Waals surface area contributed by atoms with Gasteiger partial charge in [0.15, 0.2) is 0 Å². The quantitative estimate of drug-likeness (QED) is 0.288. The summed E-state index contributed by atoms with van der Waals surface area (Å²) in [6.45, 7) is 0. The first-order valence-corrected chi connectivity index (χ1v) is 2.60. The van der Waals surface area contributed by atoms with Crippen LogP contribution in [0.15, 0.2) is 0 Å². The van der Waals surface area contributed by atoms with E-state index >= 15 is 0 Å². The van der Waals surface area contributed by atoms with Crippen molar-refractivity contribution >= 4 is 9.28 Å². The van der Waals surface area contributed by atoms with Gasteiger partial charge in [0, 0.05) is 0 Å². The molecule has 4 heavy (non-hydrogen) atoms. The van der Waals surface area contributed by atoms with Gasteiger partial charge >= 0.3 is 9.28 Å². The van der Waals surface area contributed by atoms with Crippen molar-refractivity contribution in [1.82, 2.24) is 0 Å². The van der Waals surface area contributed by atoms with Gasteiger partial charge < -0.3 is 16.2 Å². The van der Waals surface area contributed by atoms with Crippen LogP contribution >= 0.6 is 0 Å². The van der Waals surface area contributed by atoms with Crippen molar-refractivity contribution < 1.29 is 0 Å². The summed E-state index contributed by atoms with van der Waals surface area (Å²) < 4.78 is 0. The highest BCUT2D eigenvalue weighted by atomic mass is 28.3. The van der Waals surface area contributed by atoms with Gasteiger partial charge in [-0.05, 0) is 0 Å². The summed E-state index contributed by atoms with van der Waals surface area (Å²) in [6, 6.07) is 0. The molecule has 0 aliphatic carbocycles. The third-order valence-electron chi connectivity index (χ3n) is 0. The van der Waals surface area contributed by atoms with Crippen molar-refractivity contribution in [2.24, 2.45) is 16.2 Å². The third-order valence-corrected chi connectivity index (χ3v) is 0. The fourth-order valence-corrected chi connectivity index (χ4v) is 0. The molecule has 0 aliphatic rings. The average Bonchev–Trinajstić information content (AvgIpc) is 0.811. The van der Waals surface area contributed by atoms with Crippen molar-refractivity contribution in [2.45, 2.75) is 0 Å². The summed E-state index contributed by atoms with van der Waals surface area (Å²) in [6.07, 6.45) is 0. The number of nitrogens with two attached hydrogens (primary N) is 3. The first kappa shape index (κ1) is 4.10. The Kier molecular flexibility index (Phi) is 1.45. The minimum Gasteiger partial charge on any atom is -0.326 e. The summed E-state index contributed by atoms with van der Waals surface area (Å²) in [5, 5.41) is 14.3. The maximum Gasteiger partial charge on any atom is 0.310 e. The molecule has 0 atom stereocenters. The Morgan fingerprint density at radius 3 is 1.00 bits per heavy atom. The molecule has 0 aromatic carbocycles. The summed E-state index contributed by atoms with van der Waals surface area (Å²) in [7, 11) is -1.38. The second-order valence-electron chi connectivity index (χ2n) is 0.500. The van der Waals surface area contributed by atoms with E-state index in [4.69, 9.17) is 16.2 Å². The second kappa shape index (κ2) is 1.42. The molecule has 0 saturated carbocycles. The van der Waals surface area contributed by atoms with Gasteiger partial charge in [0.2, 0.25) is 0 Å². The molecule has 0 aromatic heterocycles. The van der Waals surface area contributed by atoms with Crippen molar-refractivity contribution in [2.75, 3.05) is 0 Å². The van der Waals surface area contributed by atoms with Crippen molar-refractivity contribution in [3.05, 3.63) is 0 Å². The van der Waals surface area contributed by atoms with E-state index in [1.54, 1.807) is 0 Å². The Bertz CT molecular complexity index is 8.00. The highest BCUT2D eigenvalue weighted by Gasteiger charge is 1.75. The lowest BCUT2D eigenvalue weighted by Crippen LogP contribution is -2.46. The first-order chi connectivity index (χ1) is 1.73. The molecule has 0 saturated heterocycles. The summed E-state index contributed by atoms with van der Waals surface area (Å²) in [5.74, 6) is 0. The van der Waals surface area contributed by atoms with Gasteiger partial charge in [0.1, 0.15) is 0 Å². The molecule has 0 fully saturated rings. The lowest BCUT2D eigenvalue weighted by Gasteiger charge is -1.77. The largest absolute Gasteiger partial charge is 0.326 e. The zero-order valence-corrected chi connectivity index (χ0v) is 3.23. The summed E-state index contributed by atoms with van der Waals surface area (Å²) in [5.41, 5.74) is 0. The molecule has 0 amide bonds. The Morgan fingerprint density at radius 2 is 1.00 bits per heavy atom. The molecule has 0 heterocycles. The van der Waals surface area contributed by atoms with Crippen molar-refractivity contribution in [1.29, 1.82) is 0 Å². The van der Waals surface area contributed by atoms with E-state index < -0.39 is 9.28 Å². The number of hydrogen-bond acceptors (Lipinski definition) is 3. The highest BCUT2D eigenvalue weighted by Crippen LogP contribution is 1.06. The maximum atomic E-state index is 4.77. The van der Waals surface area contributed by atoms with Crippen LogP contribution in [0.4, 0.5) is 0 Å². The fraction of sp³-hybridized carbons (Fsp3) is 0. The van der Waals surface area contributed by atoms with Gasteiger partial charge in [-0.3, -0.25) is 0 Å². The fourth-order valence-electron chi connectivity index (χ4n) is 0. The van der Waals surface area contributed by atoms with E-state index in [2.05, 4.69) is 0 Å². The normalized spacial score (nSPS) is 9.00. The van der Waals surface area contributed by atoms with Gasteiger partial charge in [-0.15, -0.1) is 0 Å². The molecule has 0 aromatic rings. The van der Waals surface area contributed by atoms with Gasteiger partial charge in [0.25, 0.3) is 0 Å². The Morgan fingerprint density at radius 1 is 1.00 bits per heavy atom. The molecule has 25 valence electrons. The van der Waals surface area contributed by atoms with Crippen LogP contribution in [0.2, 0.25) is 0 Å². The molecule has 1 radical (unpaired) electrons. The average molecular weight is 76.2 g/mol. The SMILES string of the molecule is N[Si](N)N. The van der Waals surface area contributed by atoms with Crippen LogP contribution < -0.4 is 16.2 Å². The molecule has 0 unspecified atom stereocenters. The molecule has 3 nitrogen and oxygen atoms in total. The van der Waals surface area contributed by atoms with Crippen LogP contribution in [0.25, 0.3) is 0 Å². The topological polar surface area (TPSA) is 78.1 Å². The van der Waals surface area contributed by atoms with Crippen LogP contribution in [0.3, 0.4) is 0 Å². The maximum absolute atomic E-state index is 4.77. The highest BCUT2D eigenvalue weighted by molar-refractivity contribution is 6.47. The number of hydrogen-bond donors (Lipinski definition) is 3. The molecule has 0 spiro atoms. The van der Waals surface area contributed by atoms with E-state index in [1.807, 2.05) is 0 Å². The number of rotatable bonds is 0. The van der Waals surface area contributed by atoms with Gasteiger partial charge in [-0.1, -0.05) is 0 Å². The zero-order valence-electron chi connectivity index (χ0n) is 2.23. The van der Waals surface area contributed by atoms with E-state index in [0.717, 1.165) is 0 Å². The molecule has 6 N–H and O–H groups in total. The van der Waals surface area contributed by atoms with E-state index in [-0.39, 0.29) is 0 Å². The molecule has 0 aliphatic heterocycles. The lowest BCUT2D eigenvalue weighted by molar-refractivity contribution is 1.55. The molecular weight excluding hydrogens is 70.1 g/mol. The summed E-state index contributed by atoms with van der Waals surface area (Å²) >= 11 is 0. The van der Waals surface area contributed by atoms with Gasteiger partial charge in [-0.2, -0.15) is 0 Å². The smallest absolute Gasteiger partial charge is 0.310 e. The third kappa shape index (κ3) is 269.